The van der Waals surface area contributed by atoms with Crippen molar-refractivity contribution >= 4 is 27.5 Å². The van der Waals surface area contributed by atoms with E-state index in [-0.39, 0.29) is 6.04 Å². The molecule has 0 saturated carbocycles. The summed E-state index contributed by atoms with van der Waals surface area (Å²) in [6.45, 7) is 2.05. The summed E-state index contributed by atoms with van der Waals surface area (Å²) < 4.78 is 2.90. The van der Waals surface area contributed by atoms with E-state index in [0.29, 0.717) is 0 Å². The zero-order valence-corrected chi connectivity index (χ0v) is 12.9. The first-order chi connectivity index (χ1) is 8.54. The van der Waals surface area contributed by atoms with E-state index in [0.717, 1.165) is 26.3 Å². The fourth-order valence-corrected chi connectivity index (χ4v) is 2.75. The molecule has 0 aliphatic rings. The molecule has 96 valence electrons. The van der Waals surface area contributed by atoms with Gasteiger partial charge in [0.25, 0.3) is 0 Å². The molecule has 0 spiro atoms. The van der Waals surface area contributed by atoms with Crippen molar-refractivity contribution < 1.29 is 0 Å². The molecule has 0 aliphatic heterocycles. The molecule has 1 N–H and O–H groups in total. The summed E-state index contributed by atoms with van der Waals surface area (Å²) in [6.07, 6.45) is 1.87. The minimum absolute atomic E-state index is 0.0301. The van der Waals surface area contributed by atoms with Gasteiger partial charge in [-0.2, -0.15) is 5.10 Å². The molecule has 1 heterocycles. The summed E-state index contributed by atoms with van der Waals surface area (Å²) in [7, 11) is 3.87. The quantitative estimate of drug-likeness (QED) is 0.935. The summed E-state index contributed by atoms with van der Waals surface area (Å²) in [5.74, 6) is 0. The molecule has 1 unspecified atom stereocenters. The van der Waals surface area contributed by atoms with Gasteiger partial charge in [-0.05, 0) is 43.3 Å². The first kappa shape index (κ1) is 13.6. The van der Waals surface area contributed by atoms with Crippen LogP contribution in [-0.4, -0.2) is 16.8 Å². The number of aryl methyl sites for hydroxylation is 2. The molecule has 3 nitrogen and oxygen atoms in total. The molecule has 0 radical (unpaired) electrons. The van der Waals surface area contributed by atoms with Gasteiger partial charge in [-0.1, -0.05) is 27.5 Å². The normalized spacial score (nSPS) is 12.7. The summed E-state index contributed by atoms with van der Waals surface area (Å²) in [5.41, 5.74) is 3.31. The molecule has 0 fully saturated rings. The van der Waals surface area contributed by atoms with Crippen molar-refractivity contribution in [3.8, 4) is 0 Å². The molecule has 1 atom stereocenters. The average molecular weight is 329 g/mol. The smallest absolute Gasteiger partial charge is 0.0763 e. The zero-order chi connectivity index (χ0) is 13.3. The van der Waals surface area contributed by atoms with Crippen molar-refractivity contribution in [1.82, 2.24) is 15.1 Å². The SMILES string of the molecule is CNC(c1cc(Br)ccc1Cl)c1c(C)cnn1C. The number of aromatic nitrogens is 2. The third-order valence-electron chi connectivity index (χ3n) is 3.01. The van der Waals surface area contributed by atoms with E-state index in [4.69, 9.17) is 11.6 Å². The van der Waals surface area contributed by atoms with Gasteiger partial charge < -0.3 is 5.32 Å². The molecule has 0 saturated heterocycles. The van der Waals surface area contributed by atoms with Gasteiger partial charge >= 0.3 is 0 Å². The highest BCUT2D eigenvalue weighted by atomic mass is 79.9. The lowest BCUT2D eigenvalue weighted by Crippen LogP contribution is -2.21. The van der Waals surface area contributed by atoms with Gasteiger partial charge in [-0.15, -0.1) is 0 Å². The maximum atomic E-state index is 6.30. The van der Waals surface area contributed by atoms with E-state index in [9.17, 15) is 0 Å². The van der Waals surface area contributed by atoms with Crippen LogP contribution in [0, 0.1) is 6.92 Å². The highest BCUT2D eigenvalue weighted by Gasteiger charge is 2.20. The Kier molecular flexibility index (Phi) is 4.10. The topological polar surface area (TPSA) is 29.9 Å². The van der Waals surface area contributed by atoms with Crippen LogP contribution >= 0.6 is 27.5 Å². The van der Waals surface area contributed by atoms with Crippen LogP contribution in [0.3, 0.4) is 0 Å². The molecule has 1 aromatic heterocycles. The Labute approximate surface area is 120 Å². The molecule has 1 aromatic carbocycles. The van der Waals surface area contributed by atoms with Crippen LogP contribution < -0.4 is 5.32 Å². The second-order valence-electron chi connectivity index (χ2n) is 4.22. The van der Waals surface area contributed by atoms with Crippen LogP contribution in [0.2, 0.25) is 5.02 Å². The molecule has 0 amide bonds. The number of nitrogens with one attached hydrogen (secondary N) is 1. The van der Waals surface area contributed by atoms with Gasteiger partial charge in [-0.3, -0.25) is 4.68 Å². The zero-order valence-electron chi connectivity index (χ0n) is 10.5. The highest BCUT2D eigenvalue weighted by Crippen LogP contribution is 2.31. The third-order valence-corrected chi connectivity index (χ3v) is 3.85. The van der Waals surface area contributed by atoms with Gasteiger partial charge in [0.1, 0.15) is 0 Å². The number of nitrogens with zero attached hydrogens (tertiary/aromatic N) is 2. The number of benzene rings is 1. The first-order valence-corrected chi connectivity index (χ1v) is 6.82. The number of rotatable bonds is 3. The Bertz CT molecular complexity index is 546. The molecule has 2 aromatic rings. The lowest BCUT2D eigenvalue weighted by molar-refractivity contribution is 0.603. The van der Waals surface area contributed by atoms with E-state index >= 15 is 0 Å². The minimum Gasteiger partial charge on any atom is -0.308 e. The highest BCUT2D eigenvalue weighted by molar-refractivity contribution is 9.10. The van der Waals surface area contributed by atoms with Crippen molar-refractivity contribution in [3.63, 3.8) is 0 Å². The van der Waals surface area contributed by atoms with Crippen LogP contribution in [0.15, 0.2) is 28.9 Å². The molecule has 2 rings (SSSR count). The van der Waals surface area contributed by atoms with E-state index in [1.165, 1.54) is 0 Å². The second kappa shape index (κ2) is 5.43. The Morgan fingerprint density at radius 2 is 2.17 bits per heavy atom. The van der Waals surface area contributed by atoms with Crippen LogP contribution in [0.1, 0.15) is 22.9 Å². The largest absolute Gasteiger partial charge is 0.308 e. The summed E-state index contributed by atoms with van der Waals surface area (Å²) in [6, 6.07) is 5.91. The molecule has 0 aliphatic carbocycles. The monoisotopic (exact) mass is 327 g/mol. The second-order valence-corrected chi connectivity index (χ2v) is 5.55. The predicted octanol–water partition coefficient (Wildman–Crippen LogP) is 3.45. The Hall–Kier alpha value is -0.840. The lowest BCUT2D eigenvalue weighted by Gasteiger charge is -2.20. The molecule has 0 bridgehead atoms. The van der Waals surface area contributed by atoms with Crippen molar-refractivity contribution in [3.05, 3.63) is 50.7 Å². The lowest BCUT2D eigenvalue weighted by atomic mass is 10.0. The van der Waals surface area contributed by atoms with Crippen LogP contribution in [0.25, 0.3) is 0 Å². The van der Waals surface area contributed by atoms with Crippen molar-refractivity contribution in [2.45, 2.75) is 13.0 Å². The number of hydrogen-bond acceptors (Lipinski definition) is 2. The molecule has 18 heavy (non-hydrogen) atoms. The molecular weight excluding hydrogens is 314 g/mol. The summed E-state index contributed by atoms with van der Waals surface area (Å²) in [4.78, 5) is 0. The summed E-state index contributed by atoms with van der Waals surface area (Å²) in [5, 5.41) is 8.34. The predicted molar refractivity (Wildman–Crippen MR) is 78.0 cm³/mol. The fourth-order valence-electron chi connectivity index (χ4n) is 2.15. The number of halogens is 2. The average Bonchev–Trinajstić information content (AvgIpc) is 2.66. The van der Waals surface area contributed by atoms with E-state index in [2.05, 4.69) is 33.3 Å². The van der Waals surface area contributed by atoms with Gasteiger partial charge in [-0.25, -0.2) is 0 Å². The number of hydrogen-bond donors (Lipinski definition) is 1. The van der Waals surface area contributed by atoms with Gasteiger partial charge in [0.05, 0.1) is 17.9 Å². The van der Waals surface area contributed by atoms with Gasteiger partial charge in [0.15, 0.2) is 0 Å². The van der Waals surface area contributed by atoms with Crippen molar-refractivity contribution in [1.29, 1.82) is 0 Å². The Morgan fingerprint density at radius 3 is 2.72 bits per heavy atom. The molecule has 5 heteroatoms. The van der Waals surface area contributed by atoms with Gasteiger partial charge in [0.2, 0.25) is 0 Å². The van der Waals surface area contributed by atoms with Crippen LogP contribution in [-0.2, 0) is 7.05 Å². The van der Waals surface area contributed by atoms with E-state index < -0.39 is 0 Å². The maximum Gasteiger partial charge on any atom is 0.0763 e. The van der Waals surface area contributed by atoms with Crippen LogP contribution in [0.5, 0.6) is 0 Å². The summed E-state index contributed by atoms with van der Waals surface area (Å²) >= 11 is 9.79. The molecular formula is C13H15BrClN3. The maximum absolute atomic E-state index is 6.30. The Balaban J connectivity index is 2.55. The minimum atomic E-state index is 0.0301. The fraction of sp³-hybridized carbons (Fsp3) is 0.308. The Morgan fingerprint density at radius 1 is 1.44 bits per heavy atom. The third kappa shape index (κ3) is 2.46. The van der Waals surface area contributed by atoms with Crippen LogP contribution in [0.4, 0.5) is 0 Å². The van der Waals surface area contributed by atoms with Crippen molar-refractivity contribution in [2.24, 2.45) is 7.05 Å². The van der Waals surface area contributed by atoms with E-state index in [1.54, 1.807) is 0 Å². The van der Waals surface area contributed by atoms with E-state index in [1.807, 2.05) is 43.2 Å². The first-order valence-electron chi connectivity index (χ1n) is 5.65. The van der Waals surface area contributed by atoms with Crippen molar-refractivity contribution in [2.75, 3.05) is 7.05 Å². The van der Waals surface area contributed by atoms with Gasteiger partial charge in [0, 0.05) is 16.5 Å². The standard InChI is InChI=1S/C13H15BrClN3/c1-8-7-17-18(3)13(8)12(16-2)10-6-9(14)4-5-11(10)15/h4-7,12,16H,1-3H3.